The molecule has 0 aliphatic heterocycles. The predicted molar refractivity (Wildman–Crippen MR) is 62.7 cm³/mol. The molecule has 0 aromatic heterocycles. The summed E-state index contributed by atoms with van der Waals surface area (Å²) < 4.78 is 38.0. The first-order chi connectivity index (χ1) is 8.71. The molecule has 0 amide bonds. The average Bonchev–Trinajstić information content (AvgIpc) is 2.29. The number of carboxylic acids is 1. The van der Waals surface area contributed by atoms with E-state index in [4.69, 9.17) is 5.11 Å². The summed E-state index contributed by atoms with van der Waals surface area (Å²) in [6, 6.07) is 2.39. The molecule has 0 radical (unpaired) electrons. The molecule has 0 atom stereocenters. The Balaban J connectivity index is 2.88. The molecule has 0 bridgehead atoms. The van der Waals surface area contributed by atoms with Gasteiger partial charge in [0.15, 0.2) is 5.82 Å². The van der Waals surface area contributed by atoms with E-state index in [1.165, 1.54) is 0 Å². The normalized spacial score (nSPS) is 11.0. The number of sulfonamides is 1. The van der Waals surface area contributed by atoms with Crippen LogP contribution < -0.4 is 4.72 Å². The van der Waals surface area contributed by atoms with E-state index >= 15 is 0 Å². The minimum atomic E-state index is -4.03. The fraction of sp³-hybridized carbons (Fsp3) is 0.222. The Morgan fingerprint density at radius 3 is 2.58 bits per heavy atom. The van der Waals surface area contributed by atoms with Gasteiger partial charge in [0.1, 0.15) is 0 Å². The molecule has 19 heavy (non-hydrogen) atoms. The van der Waals surface area contributed by atoms with E-state index in [-0.39, 0.29) is 0 Å². The van der Waals surface area contributed by atoms with Gasteiger partial charge in [0.2, 0.25) is 10.0 Å². The molecule has 1 aromatic rings. The lowest BCUT2D eigenvalue weighted by molar-refractivity contribution is -0.385. The van der Waals surface area contributed by atoms with Gasteiger partial charge in [-0.25, -0.2) is 12.8 Å². The van der Waals surface area contributed by atoms with Crippen molar-refractivity contribution in [3.8, 4) is 0 Å². The maximum absolute atomic E-state index is 13.4. The third kappa shape index (κ3) is 4.50. The molecule has 0 saturated carbocycles. The van der Waals surface area contributed by atoms with Crippen LogP contribution in [0.5, 0.6) is 0 Å². The Kier molecular flexibility index (Phi) is 4.38. The number of nitro groups is 1. The van der Waals surface area contributed by atoms with Crippen LogP contribution in [0.25, 0.3) is 0 Å². The van der Waals surface area contributed by atoms with E-state index in [9.17, 15) is 27.7 Å². The first-order valence-corrected chi connectivity index (χ1v) is 6.53. The van der Waals surface area contributed by atoms with Gasteiger partial charge < -0.3 is 5.11 Å². The number of rotatable bonds is 6. The highest BCUT2D eigenvalue weighted by Gasteiger charge is 2.17. The standard InChI is InChI=1S/C9H9FN2O6S/c10-7-5-6(12(15)16)1-2-8(7)11-19(17,18)4-3-9(13)14/h1-2,5,11H,3-4H2,(H,13,14). The number of nitrogens with zero attached hydrogens (tertiary/aromatic N) is 1. The molecule has 0 aliphatic rings. The van der Waals surface area contributed by atoms with E-state index in [0.29, 0.717) is 6.07 Å². The van der Waals surface area contributed by atoms with Crippen molar-refractivity contribution < 1.29 is 27.6 Å². The molecule has 2 N–H and O–H groups in total. The number of benzene rings is 1. The third-order valence-electron chi connectivity index (χ3n) is 2.01. The topological polar surface area (TPSA) is 127 Å². The van der Waals surface area contributed by atoms with Gasteiger partial charge in [-0.3, -0.25) is 19.6 Å². The fourth-order valence-corrected chi connectivity index (χ4v) is 2.19. The summed E-state index contributed by atoms with van der Waals surface area (Å²) in [5.74, 6) is -3.15. The summed E-state index contributed by atoms with van der Waals surface area (Å²) in [5.41, 5.74) is -0.998. The molecule has 1 rings (SSSR count). The summed E-state index contributed by atoms with van der Waals surface area (Å²) in [6.07, 6.45) is -0.635. The number of non-ortho nitro benzene ring substituents is 1. The molecular formula is C9H9FN2O6S. The second kappa shape index (κ2) is 5.61. The Hall–Kier alpha value is -2.23. The van der Waals surface area contributed by atoms with E-state index in [0.717, 1.165) is 12.1 Å². The zero-order valence-corrected chi connectivity index (χ0v) is 10.2. The number of hydrogen-bond donors (Lipinski definition) is 2. The molecule has 0 fully saturated rings. The van der Waals surface area contributed by atoms with Gasteiger partial charge in [-0.1, -0.05) is 0 Å². The Bertz CT molecular complexity index is 615. The highest BCUT2D eigenvalue weighted by molar-refractivity contribution is 7.92. The molecule has 8 nitrogen and oxygen atoms in total. The van der Waals surface area contributed by atoms with Gasteiger partial charge in [-0.2, -0.15) is 0 Å². The van der Waals surface area contributed by atoms with Crippen LogP contribution in [0, 0.1) is 15.9 Å². The lowest BCUT2D eigenvalue weighted by Gasteiger charge is -2.07. The van der Waals surface area contributed by atoms with Crippen molar-refractivity contribution in [1.29, 1.82) is 0 Å². The molecule has 0 spiro atoms. The zero-order valence-electron chi connectivity index (χ0n) is 9.37. The number of nitrogens with one attached hydrogen (secondary N) is 1. The largest absolute Gasteiger partial charge is 0.481 e. The van der Waals surface area contributed by atoms with E-state index in [1.807, 2.05) is 4.72 Å². The first kappa shape index (κ1) is 14.8. The van der Waals surface area contributed by atoms with Crippen molar-refractivity contribution >= 4 is 27.4 Å². The summed E-state index contributed by atoms with van der Waals surface area (Å²) >= 11 is 0. The maximum atomic E-state index is 13.4. The van der Waals surface area contributed by atoms with E-state index in [1.54, 1.807) is 0 Å². The number of hydrogen-bond acceptors (Lipinski definition) is 5. The molecule has 0 unspecified atom stereocenters. The number of nitro benzene ring substituents is 1. The van der Waals surface area contributed by atoms with Crippen LogP contribution in [0.2, 0.25) is 0 Å². The van der Waals surface area contributed by atoms with Gasteiger partial charge in [0.25, 0.3) is 5.69 Å². The van der Waals surface area contributed by atoms with Crippen LogP contribution in [-0.2, 0) is 14.8 Å². The highest BCUT2D eigenvalue weighted by Crippen LogP contribution is 2.21. The second-order valence-electron chi connectivity index (χ2n) is 3.49. The lowest BCUT2D eigenvalue weighted by atomic mass is 10.3. The summed E-state index contributed by atoms with van der Waals surface area (Å²) in [7, 11) is -4.03. The van der Waals surface area contributed by atoms with Crippen LogP contribution in [0.1, 0.15) is 6.42 Å². The van der Waals surface area contributed by atoms with Crippen molar-refractivity contribution in [1.82, 2.24) is 0 Å². The third-order valence-corrected chi connectivity index (χ3v) is 3.29. The predicted octanol–water partition coefficient (Wildman–Crippen LogP) is 0.950. The number of anilines is 1. The molecule has 10 heteroatoms. The van der Waals surface area contributed by atoms with Gasteiger partial charge in [-0.15, -0.1) is 0 Å². The van der Waals surface area contributed by atoms with Gasteiger partial charge in [0.05, 0.1) is 28.9 Å². The SMILES string of the molecule is O=C(O)CCS(=O)(=O)Nc1ccc([N+](=O)[O-])cc1F. The van der Waals surface area contributed by atoms with E-state index < -0.39 is 50.3 Å². The summed E-state index contributed by atoms with van der Waals surface area (Å²) in [4.78, 5) is 19.8. The average molecular weight is 292 g/mol. The van der Waals surface area contributed by atoms with Crippen LogP contribution >= 0.6 is 0 Å². The van der Waals surface area contributed by atoms with Crippen molar-refractivity contribution in [2.45, 2.75) is 6.42 Å². The number of carbonyl (C=O) groups is 1. The Morgan fingerprint density at radius 2 is 2.11 bits per heavy atom. The van der Waals surface area contributed by atoms with Gasteiger partial charge in [-0.05, 0) is 6.07 Å². The summed E-state index contributed by atoms with van der Waals surface area (Å²) in [5, 5.41) is 18.7. The van der Waals surface area contributed by atoms with Crippen LogP contribution in [-0.4, -0.2) is 30.2 Å². The van der Waals surface area contributed by atoms with Crippen LogP contribution in [0.3, 0.4) is 0 Å². The number of halogens is 1. The quantitative estimate of drug-likeness (QED) is 0.593. The molecule has 0 saturated heterocycles. The van der Waals surface area contributed by atoms with Crippen molar-refractivity contribution in [2.75, 3.05) is 10.5 Å². The highest BCUT2D eigenvalue weighted by atomic mass is 32.2. The molecule has 104 valence electrons. The first-order valence-electron chi connectivity index (χ1n) is 4.87. The minimum Gasteiger partial charge on any atom is -0.481 e. The van der Waals surface area contributed by atoms with Gasteiger partial charge >= 0.3 is 5.97 Å². The monoisotopic (exact) mass is 292 g/mol. The smallest absolute Gasteiger partial charge is 0.304 e. The van der Waals surface area contributed by atoms with Gasteiger partial charge in [0, 0.05) is 6.07 Å². The van der Waals surface area contributed by atoms with Crippen LogP contribution in [0.4, 0.5) is 15.8 Å². The van der Waals surface area contributed by atoms with Crippen molar-refractivity contribution in [3.63, 3.8) is 0 Å². The minimum absolute atomic E-state index is 0.476. The molecule has 0 aliphatic carbocycles. The lowest BCUT2D eigenvalue weighted by Crippen LogP contribution is -2.19. The zero-order chi connectivity index (χ0) is 14.6. The second-order valence-corrected chi connectivity index (χ2v) is 5.33. The number of carboxylic acid groups (broad SMARTS) is 1. The fourth-order valence-electron chi connectivity index (χ4n) is 1.14. The van der Waals surface area contributed by atoms with Crippen LogP contribution in [0.15, 0.2) is 18.2 Å². The molecular weight excluding hydrogens is 283 g/mol. The number of aliphatic carboxylic acids is 1. The van der Waals surface area contributed by atoms with Crippen molar-refractivity contribution in [2.24, 2.45) is 0 Å². The maximum Gasteiger partial charge on any atom is 0.304 e. The van der Waals surface area contributed by atoms with E-state index in [2.05, 4.69) is 0 Å². The molecule has 0 heterocycles. The summed E-state index contributed by atoms with van der Waals surface area (Å²) in [6.45, 7) is 0. The Labute approximate surface area is 107 Å². The van der Waals surface area contributed by atoms with Crippen molar-refractivity contribution in [3.05, 3.63) is 34.1 Å². The Morgan fingerprint density at radius 1 is 1.47 bits per heavy atom. The molecule has 1 aromatic carbocycles.